The van der Waals surface area contributed by atoms with Gasteiger partial charge < -0.3 is 10.2 Å². The summed E-state index contributed by atoms with van der Waals surface area (Å²) < 4.78 is 6.03. The molecule has 0 aliphatic heterocycles. The van der Waals surface area contributed by atoms with Gasteiger partial charge in [-0.25, -0.2) is 0 Å². The highest BCUT2D eigenvalue weighted by Crippen LogP contribution is 2.32. The lowest BCUT2D eigenvalue weighted by atomic mass is 9.98. The van der Waals surface area contributed by atoms with Crippen LogP contribution in [0.25, 0.3) is 11.0 Å². The largest absolute Gasteiger partial charge is 0.459 e. The smallest absolute Gasteiger partial charge is 0.138 e. The highest BCUT2D eigenvalue weighted by molar-refractivity contribution is 5.85. The van der Waals surface area contributed by atoms with Gasteiger partial charge in [-0.1, -0.05) is 39.3 Å². The maximum atomic E-state index is 6.15. The summed E-state index contributed by atoms with van der Waals surface area (Å²) in [5.74, 6) is 1.39. The van der Waals surface area contributed by atoms with Crippen molar-refractivity contribution in [3.8, 4) is 0 Å². The summed E-state index contributed by atoms with van der Waals surface area (Å²) in [6.45, 7) is 8.65. The first kappa shape index (κ1) is 13.2. The maximum Gasteiger partial charge on any atom is 0.138 e. The standard InChI is InChI=1S/C16H23NO/c1-5-6-14(17)15-9-13-11(4)7-8-12(10(2)3)16(13)18-15/h7-10,14H,5-6,17H2,1-4H3. The van der Waals surface area contributed by atoms with E-state index in [1.54, 1.807) is 0 Å². The number of fused-ring (bicyclic) bond motifs is 1. The van der Waals surface area contributed by atoms with Crippen LogP contribution in [0.15, 0.2) is 22.6 Å². The van der Waals surface area contributed by atoms with Crippen LogP contribution in [0.5, 0.6) is 0 Å². The average Bonchev–Trinajstić information content (AvgIpc) is 2.75. The van der Waals surface area contributed by atoms with Crippen LogP contribution in [-0.2, 0) is 0 Å². The molecule has 2 N–H and O–H groups in total. The topological polar surface area (TPSA) is 39.2 Å². The molecule has 98 valence electrons. The number of benzene rings is 1. The van der Waals surface area contributed by atoms with Crippen LogP contribution in [0, 0.1) is 6.92 Å². The third-order valence-corrected chi connectivity index (χ3v) is 3.54. The van der Waals surface area contributed by atoms with Crippen molar-refractivity contribution in [3.63, 3.8) is 0 Å². The lowest BCUT2D eigenvalue weighted by Gasteiger charge is -2.07. The van der Waals surface area contributed by atoms with Gasteiger partial charge in [-0.3, -0.25) is 0 Å². The second-order valence-electron chi connectivity index (χ2n) is 5.41. The fourth-order valence-corrected chi connectivity index (χ4v) is 2.39. The summed E-state index contributed by atoms with van der Waals surface area (Å²) in [4.78, 5) is 0. The molecule has 1 aromatic carbocycles. The molecule has 0 aliphatic carbocycles. The van der Waals surface area contributed by atoms with E-state index in [0.29, 0.717) is 5.92 Å². The molecule has 0 saturated carbocycles. The first-order chi connectivity index (χ1) is 8.54. The fraction of sp³-hybridized carbons (Fsp3) is 0.500. The van der Waals surface area contributed by atoms with E-state index in [1.165, 1.54) is 16.5 Å². The van der Waals surface area contributed by atoms with Crippen molar-refractivity contribution in [2.75, 3.05) is 0 Å². The first-order valence-corrected chi connectivity index (χ1v) is 6.83. The van der Waals surface area contributed by atoms with Crippen molar-refractivity contribution in [1.29, 1.82) is 0 Å². The van der Waals surface area contributed by atoms with Crippen LogP contribution in [0.4, 0.5) is 0 Å². The van der Waals surface area contributed by atoms with Crippen LogP contribution in [0.1, 0.15) is 62.5 Å². The summed E-state index contributed by atoms with van der Waals surface area (Å²) in [7, 11) is 0. The van der Waals surface area contributed by atoms with Crippen LogP contribution < -0.4 is 5.73 Å². The zero-order valence-corrected chi connectivity index (χ0v) is 11.8. The van der Waals surface area contributed by atoms with Gasteiger partial charge in [-0.05, 0) is 36.5 Å². The molecule has 1 heterocycles. The molecule has 2 aromatic rings. The zero-order chi connectivity index (χ0) is 13.3. The molecular formula is C16H23NO. The Morgan fingerprint density at radius 2 is 2.00 bits per heavy atom. The predicted molar refractivity (Wildman–Crippen MR) is 76.9 cm³/mol. The molecule has 0 fully saturated rings. The Hall–Kier alpha value is -1.28. The second kappa shape index (κ2) is 5.15. The Labute approximate surface area is 109 Å². The van der Waals surface area contributed by atoms with Gasteiger partial charge in [0.25, 0.3) is 0 Å². The van der Waals surface area contributed by atoms with Gasteiger partial charge in [-0.2, -0.15) is 0 Å². The van der Waals surface area contributed by atoms with E-state index in [9.17, 15) is 0 Å². The molecular weight excluding hydrogens is 222 g/mol. The molecule has 0 aliphatic rings. The molecule has 1 unspecified atom stereocenters. The maximum absolute atomic E-state index is 6.15. The van der Waals surface area contributed by atoms with E-state index in [0.717, 1.165) is 24.2 Å². The van der Waals surface area contributed by atoms with E-state index in [1.807, 2.05) is 0 Å². The Kier molecular flexibility index (Phi) is 3.76. The van der Waals surface area contributed by atoms with E-state index in [2.05, 4.69) is 45.9 Å². The highest BCUT2D eigenvalue weighted by atomic mass is 16.3. The summed E-state index contributed by atoms with van der Waals surface area (Å²) >= 11 is 0. The minimum absolute atomic E-state index is 0.0156. The molecule has 1 atom stereocenters. The third kappa shape index (κ3) is 2.30. The Morgan fingerprint density at radius 3 is 2.61 bits per heavy atom. The van der Waals surface area contributed by atoms with E-state index in [-0.39, 0.29) is 6.04 Å². The van der Waals surface area contributed by atoms with Gasteiger partial charge in [0.15, 0.2) is 0 Å². The van der Waals surface area contributed by atoms with Gasteiger partial charge in [0.1, 0.15) is 11.3 Å². The fourth-order valence-electron chi connectivity index (χ4n) is 2.39. The first-order valence-electron chi connectivity index (χ1n) is 6.83. The molecule has 2 rings (SSSR count). The van der Waals surface area contributed by atoms with Crippen LogP contribution in [0.3, 0.4) is 0 Å². The van der Waals surface area contributed by atoms with Crippen molar-refractivity contribution in [3.05, 3.63) is 35.1 Å². The molecule has 0 bridgehead atoms. The Morgan fingerprint density at radius 1 is 1.28 bits per heavy atom. The number of nitrogens with two attached hydrogens (primary N) is 1. The summed E-state index contributed by atoms with van der Waals surface area (Å²) in [6.07, 6.45) is 2.05. The van der Waals surface area contributed by atoms with Gasteiger partial charge in [0.05, 0.1) is 6.04 Å². The highest BCUT2D eigenvalue weighted by Gasteiger charge is 2.16. The van der Waals surface area contributed by atoms with Crippen molar-refractivity contribution in [2.24, 2.45) is 5.73 Å². The molecule has 0 spiro atoms. The van der Waals surface area contributed by atoms with Gasteiger partial charge in [0.2, 0.25) is 0 Å². The molecule has 2 heteroatoms. The predicted octanol–water partition coefficient (Wildman–Crippen LogP) is 4.66. The van der Waals surface area contributed by atoms with Gasteiger partial charge >= 0.3 is 0 Å². The van der Waals surface area contributed by atoms with Crippen molar-refractivity contribution in [2.45, 2.75) is 52.5 Å². The number of aryl methyl sites for hydroxylation is 1. The van der Waals surface area contributed by atoms with Gasteiger partial charge in [-0.15, -0.1) is 0 Å². The van der Waals surface area contributed by atoms with Crippen molar-refractivity contribution >= 4 is 11.0 Å². The molecule has 2 nitrogen and oxygen atoms in total. The van der Waals surface area contributed by atoms with E-state index in [4.69, 9.17) is 10.2 Å². The zero-order valence-electron chi connectivity index (χ0n) is 11.8. The number of furan rings is 1. The lowest BCUT2D eigenvalue weighted by molar-refractivity contribution is 0.473. The van der Waals surface area contributed by atoms with Crippen molar-refractivity contribution in [1.82, 2.24) is 0 Å². The average molecular weight is 245 g/mol. The molecule has 1 aromatic heterocycles. The lowest BCUT2D eigenvalue weighted by Crippen LogP contribution is -2.08. The quantitative estimate of drug-likeness (QED) is 0.850. The van der Waals surface area contributed by atoms with E-state index < -0.39 is 0 Å². The molecule has 0 saturated heterocycles. The van der Waals surface area contributed by atoms with Crippen LogP contribution in [-0.4, -0.2) is 0 Å². The van der Waals surface area contributed by atoms with Crippen LogP contribution >= 0.6 is 0 Å². The summed E-state index contributed by atoms with van der Waals surface area (Å²) in [5.41, 5.74) is 9.70. The third-order valence-electron chi connectivity index (χ3n) is 3.54. The SMILES string of the molecule is CCCC(N)c1cc2c(C)ccc(C(C)C)c2o1. The number of hydrogen-bond acceptors (Lipinski definition) is 2. The minimum Gasteiger partial charge on any atom is -0.459 e. The van der Waals surface area contributed by atoms with Crippen LogP contribution in [0.2, 0.25) is 0 Å². The Bertz CT molecular complexity index is 539. The number of hydrogen-bond donors (Lipinski definition) is 1. The molecule has 0 radical (unpaired) electrons. The monoisotopic (exact) mass is 245 g/mol. The van der Waals surface area contributed by atoms with E-state index >= 15 is 0 Å². The molecule has 0 amide bonds. The van der Waals surface area contributed by atoms with Crippen molar-refractivity contribution < 1.29 is 4.42 Å². The second-order valence-corrected chi connectivity index (χ2v) is 5.41. The number of rotatable bonds is 4. The summed E-state index contributed by atoms with van der Waals surface area (Å²) in [5, 5.41) is 1.21. The minimum atomic E-state index is 0.0156. The molecule has 18 heavy (non-hydrogen) atoms. The summed E-state index contributed by atoms with van der Waals surface area (Å²) in [6, 6.07) is 6.47. The normalized spacial score (nSPS) is 13.4. The Balaban J connectivity index is 2.55. The van der Waals surface area contributed by atoms with Gasteiger partial charge in [0, 0.05) is 5.39 Å².